The summed E-state index contributed by atoms with van der Waals surface area (Å²) in [6, 6.07) is 27.6. The molecule has 166 valence electrons. The molecule has 4 heteroatoms. The molecule has 1 aliphatic heterocycles. The molecule has 0 spiro atoms. The molecule has 0 amide bonds. The number of benzene rings is 3. The number of nitrogens with two attached hydrogens (primary N) is 1. The van der Waals surface area contributed by atoms with Crippen molar-refractivity contribution in [2.45, 2.75) is 24.8 Å². The summed E-state index contributed by atoms with van der Waals surface area (Å²) in [4.78, 5) is 1.33. The lowest BCUT2D eigenvalue weighted by Crippen LogP contribution is -2.35. The van der Waals surface area contributed by atoms with Crippen LogP contribution >= 0.6 is 11.3 Å². The fraction of sp³-hybridized carbons (Fsp3) is 0.167. The van der Waals surface area contributed by atoms with Crippen molar-refractivity contribution in [3.63, 3.8) is 0 Å². The number of amidine groups is 1. The largest absolute Gasteiger partial charge is 0.384 e. The molecule has 3 aromatic carbocycles. The fourth-order valence-electron chi connectivity index (χ4n) is 5.47. The molecule has 3 unspecified atom stereocenters. The van der Waals surface area contributed by atoms with Gasteiger partial charge in [-0.3, -0.25) is 5.41 Å². The van der Waals surface area contributed by atoms with Crippen LogP contribution in [-0.2, 0) is 6.42 Å². The van der Waals surface area contributed by atoms with Crippen LogP contribution in [0.4, 0.5) is 5.69 Å². The Bertz CT molecular complexity index is 1440. The zero-order chi connectivity index (χ0) is 23.1. The smallest absolute Gasteiger partial charge is 0.122 e. The molecule has 4 N–H and O–H groups in total. The van der Waals surface area contributed by atoms with Crippen molar-refractivity contribution in [3.05, 3.63) is 123 Å². The van der Waals surface area contributed by atoms with E-state index in [0.29, 0.717) is 5.92 Å². The van der Waals surface area contributed by atoms with Crippen LogP contribution in [0.5, 0.6) is 0 Å². The van der Waals surface area contributed by atoms with Crippen LogP contribution in [0.25, 0.3) is 0 Å². The zero-order valence-electron chi connectivity index (χ0n) is 18.7. The van der Waals surface area contributed by atoms with E-state index in [4.69, 9.17) is 11.1 Å². The van der Waals surface area contributed by atoms with Gasteiger partial charge in [0.2, 0.25) is 0 Å². The molecule has 3 atom stereocenters. The summed E-state index contributed by atoms with van der Waals surface area (Å²) in [6.45, 7) is 0. The van der Waals surface area contributed by atoms with Gasteiger partial charge in [0, 0.05) is 38.6 Å². The Morgan fingerprint density at radius 3 is 2.56 bits per heavy atom. The van der Waals surface area contributed by atoms with Crippen LogP contribution in [0.15, 0.2) is 84.2 Å². The van der Waals surface area contributed by atoms with Crippen LogP contribution in [0.3, 0.4) is 0 Å². The molecule has 1 aliphatic carbocycles. The molecule has 0 fully saturated rings. The predicted octanol–water partition coefficient (Wildman–Crippen LogP) is 6.29. The average molecular weight is 460 g/mol. The van der Waals surface area contributed by atoms with Gasteiger partial charge in [0.25, 0.3) is 0 Å². The van der Waals surface area contributed by atoms with Gasteiger partial charge in [-0.25, -0.2) is 0 Å². The molecule has 3 nitrogen and oxygen atoms in total. The topological polar surface area (TPSA) is 61.9 Å². The van der Waals surface area contributed by atoms with Gasteiger partial charge in [-0.15, -0.1) is 11.3 Å². The van der Waals surface area contributed by atoms with Gasteiger partial charge in [0.1, 0.15) is 5.84 Å². The Balaban J connectivity index is 1.41. The summed E-state index contributed by atoms with van der Waals surface area (Å²) >= 11 is 1.79. The van der Waals surface area contributed by atoms with Crippen LogP contribution in [0.1, 0.15) is 56.6 Å². The van der Waals surface area contributed by atoms with E-state index in [9.17, 15) is 0 Å². The first-order chi connectivity index (χ1) is 16.7. The number of hydrogen-bond acceptors (Lipinski definition) is 3. The maximum absolute atomic E-state index is 7.95. The third-order valence-electron chi connectivity index (χ3n) is 7.05. The molecule has 2 aliphatic rings. The molecule has 0 saturated heterocycles. The lowest BCUT2D eigenvalue weighted by atomic mass is 9.66. The molecule has 1 aromatic heterocycles. The second kappa shape index (κ2) is 8.52. The highest BCUT2D eigenvalue weighted by Gasteiger charge is 2.41. The van der Waals surface area contributed by atoms with Crippen molar-refractivity contribution in [1.29, 1.82) is 5.41 Å². The third kappa shape index (κ3) is 3.69. The van der Waals surface area contributed by atoms with Crippen LogP contribution in [-0.4, -0.2) is 5.84 Å². The number of hydrogen-bond donors (Lipinski definition) is 3. The summed E-state index contributed by atoms with van der Waals surface area (Å²) < 4.78 is 0. The van der Waals surface area contributed by atoms with E-state index in [1.165, 1.54) is 21.6 Å². The minimum Gasteiger partial charge on any atom is -0.384 e. The van der Waals surface area contributed by atoms with Crippen molar-refractivity contribution in [3.8, 4) is 11.8 Å². The highest BCUT2D eigenvalue weighted by Crippen LogP contribution is 2.53. The monoisotopic (exact) mass is 459 g/mol. The number of anilines is 1. The Labute approximate surface area is 204 Å². The quantitative estimate of drug-likeness (QED) is 0.187. The Morgan fingerprint density at radius 2 is 1.71 bits per heavy atom. The van der Waals surface area contributed by atoms with Crippen LogP contribution in [0, 0.1) is 23.2 Å². The first kappa shape index (κ1) is 20.8. The summed E-state index contributed by atoms with van der Waals surface area (Å²) in [5.41, 5.74) is 14.0. The Hall–Kier alpha value is -3.81. The standard InChI is InChI=1S/C30H25N3S/c31-30(32)22-13-15-26-25(17-22)28-23-9-5-4-8-21(23)12-14-24(28)29(33-26)27-16-20(18-34-27)11-10-19-6-2-1-3-7-19/h1-9,13,15-18,24,28-29,33H,12,14H2,(H3,31,32). The minimum absolute atomic E-state index is 0.116. The number of nitrogen functional groups attached to an aromatic ring is 1. The summed E-state index contributed by atoms with van der Waals surface area (Å²) in [5, 5.41) is 14.0. The molecule has 0 radical (unpaired) electrons. The van der Waals surface area contributed by atoms with E-state index in [1.807, 2.05) is 36.4 Å². The van der Waals surface area contributed by atoms with E-state index >= 15 is 0 Å². The Morgan fingerprint density at radius 1 is 0.912 bits per heavy atom. The number of thiophene rings is 1. The minimum atomic E-state index is 0.116. The number of fused-ring (bicyclic) bond motifs is 5. The molecule has 0 bridgehead atoms. The van der Waals surface area contributed by atoms with E-state index in [-0.39, 0.29) is 17.8 Å². The lowest BCUT2D eigenvalue weighted by Gasteiger charge is -2.44. The number of rotatable bonds is 2. The molecule has 4 aromatic rings. The lowest BCUT2D eigenvalue weighted by molar-refractivity contribution is 0.351. The average Bonchev–Trinajstić information content (AvgIpc) is 3.35. The maximum Gasteiger partial charge on any atom is 0.122 e. The summed E-state index contributed by atoms with van der Waals surface area (Å²) in [7, 11) is 0. The van der Waals surface area contributed by atoms with Gasteiger partial charge in [-0.05, 0) is 71.8 Å². The van der Waals surface area contributed by atoms with Crippen molar-refractivity contribution in [1.82, 2.24) is 0 Å². The van der Waals surface area contributed by atoms with Gasteiger partial charge < -0.3 is 11.1 Å². The SMILES string of the molecule is N=C(N)c1ccc2c(c1)C1c3ccccc3CCC1C(c1cc(C#Cc3ccccc3)cs1)N2. The molecule has 0 saturated carbocycles. The normalized spacial score (nSPS) is 20.1. The zero-order valence-corrected chi connectivity index (χ0v) is 19.5. The van der Waals surface area contributed by atoms with E-state index in [0.717, 1.165) is 35.2 Å². The second-order valence-corrected chi connectivity index (χ2v) is 10.0. The van der Waals surface area contributed by atoms with Gasteiger partial charge in [0.05, 0.1) is 6.04 Å². The fourth-order valence-corrected chi connectivity index (χ4v) is 6.43. The number of aryl methyl sites for hydroxylation is 1. The van der Waals surface area contributed by atoms with Gasteiger partial charge >= 0.3 is 0 Å². The number of nitrogens with one attached hydrogen (secondary N) is 2. The van der Waals surface area contributed by atoms with E-state index < -0.39 is 0 Å². The highest BCUT2D eigenvalue weighted by molar-refractivity contribution is 7.10. The van der Waals surface area contributed by atoms with Gasteiger partial charge in [-0.2, -0.15) is 0 Å². The van der Waals surface area contributed by atoms with Gasteiger partial charge in [-0.1, -0.05) is 54.3 Å². The first-order valence-corrected chi connectivity index (χ1v) is 12.5. The predicted molar refractivity (Wildman–Crippen MR) is 141 cm³/mol. The molecule has 34 heavy (non-hydrogen) atoms. The van der Waals surface area contributed by atoms with E-state index in [1.54, 1.807) is 11.3 Å². The van der Waals surface area contributed by atoms with Crippen molar-refractivity contribution < 1.29 is 0 Å². The second-order valence-electron chi connectivity index (χ2n) is 9.07. The van der Waals surface area contributed by atoms with Crippen LogP contribution < -0.4 is 11.1 Å². The third-order valence-corrected chi connectivity index (χ3v) is 8.07. The van der Waals surface area contributed by atoms with Crippen molar-refractivity contribution >= 4 is 22.9 Å². The molecular formula is C30H25N3S. The summed E-state index contributed by atoms with van der Waals surface area (Å²) in [5.74, 6) is 7.45. The van der Waals surface area contributed by atoms with Crippen molar-refractivity contribution in [2.24, 2.45) is 11.7 Å². The maximum atomic E-state index is 7.95. The highest BCUT2D eigenvalue weighted by atomic mass is 32.1. The molecule has 2 heterocycles. The molecule has 6 rings (SSSR count). The molecular weight excluding hydrogens is 434 g/mol. The Kier molecular flexibility index (Phi) is 5.20. The summed E-state index contributed by atoms with van der Waals surface area (Å²) in [6.07, 6.45) is 2.20. The van der Waals surface area contributed by atoms with Crippen LogP contribution in [0.2, 0.25) is 0 Å². The van der Waals surface area contributed by atoms with Crippen molar-refractivity contribution in [2.75, 3.05) is 5.32 Å². The first-order valence-electron chi connectivity index (χ1n) is 11.7. The van der Waals surface area contributed by atoms with E-state index in [2.05, 4.69) is 65.0 Å². The van der Waals surface area contributed by atoms with Gasteiger partial charge in [0.15, 0.2) is 0 Å².